The molecule has 0 unspecified atom stereocenters. The molecule has 22 heavy (non-hydrogen) atoms. The number of benzene rings is 1. The van der Waals surface area contributed by atoms with Crippen LogP contribution in [0.1, 0.15) is 84.0 Å². The summed E-state index contributed by atoms with van der Waals surface area (Å²) >= 11 is 0. The van der Waals surface area contributed by atoms with Gasteiger partial charge in [0.2, 0.25) is 5.91 Å². The molecule has 0 aliphatic heterocycles. The maximum Gasteiger partial charge on any atom is 0.224 e. The van der Waals surface area contributed by atoms with Crippen LogP contribution in [0.25, 0.3) is 0 Å². The Balaban J connectivity index is 1.86. The summed E-state index contributed by atoms with van der Waals surface area (Å²) in [6, 6.07) is 10.5. The first kappa shape index (κ1) is 18.7. The molecule has 0 heterocycles. The summed E-state index contributed by atoms with van der Waals surface area (Å²) in [4.78, 5) is 11.7. The Labute approximate surface area is 136 Å². The maximum absolute atomic E-state index is 11.7. The molecule has 0 aliphatic carbocycles. The molecule has 0 bridgehead atoms. The molecule has 2 nitrogen and oxygen atoms in total. The number of hydrogen-bond acceptors (Lipinski definition) is 1. The lowest BCUT2D eigenvalue weighted by molar-refractivity contribution is -0.116. The van der Waals surface area contributed by atoms with Gasteiger partial charge in [0.05, 0.1) is 0 Å². The first-order valence-corrected chi connectivity index (χ1v) is 9.09. The molecule has 1 aromatic rings. The minimum atomic E-state index is 0.110. The van der Waals surface area contributed by atoms with Gasteiger partial charge in [-0.3, -0.25) is 4.79 Å². The van der Waals surface area contributed by atoms with Crippen molar-refractivity contribution < 1.29 is 4.79 Å². The number of para-hydroxylation sites is 1. The molecule has 123 valence electrons. The monoisotopic (exact) mass is 302 g/mol. The van der Waals surface area contributed by atoms with Gasteiger partial charge in [0.15, 0.2) is 0 Å². The Morgan fingerprint density at radius 1 is 0.909 bits per heavy atom. The van der Waals surface area contributed by atoms with E-state index in [1.54, 1.807) is 0 Å². The molecule has 0 saturated carbocycles. The first-order valence-electron chi connectivity index (χ1n) is 9.09. The Kier molecular flexibility index (Phi) is 11.4. The Hall–Kier alpha value is -1.31. The SMILES string of the molecule is CCCCCCCCCCCCCC(=O)Nc1[c]cccc1. The van der Waals surface area contributed by atoms with E-state index in [1.165, 1.54) is 64.2 Å². The summed E-state index contributed by atoms with van der Waals surface area (Å²) in [5.41, 5.74) is 0.774. The lowest BCUT2D eigenvalue weighted by Gasteiger charge is -2.05. The molecule has 1 N–H and O–H groups in total. The van der Waals surface area contributed by atoms with E-state index >= 15 is 0 Å². The van der Waals surface area contributed by atoms with Crippen molar-refractivity contribution >= 4 is 11.6 Å². The van der Waals surface area contributed by atoms with Crippen molar-refractivity contribution in [3.8, 4) is 0 Å². The zero-order chi connectivity index (χ0) is 15.9. The minimum absolute atomic E-state index is 0.110. The number of hydrogen-bond donors (Lipinski definition) is 1. The molecule has 0 spiro atoms. The van der Waals surface area contributed by atoms with Crippen LogP contribution >= 0.6 is 0 Å². The van der Waals surface area contributed by atoms with Gasteiger partial charge in [0.25, 0.3) is 0 Å². The van der Waals surface area contributed by atoms with Crippen LogP contribution in [0.3, 0.4) is 0 Å². The van der Waals surface area contributed by atoms with Gasteiger partial charge in [-0.1, -0.05) is 89.3 Å². The molecule has 1 aromatic carbocycles. The highest BCUT2D eigenvalue weighted by Gasteiger charge is 2.01. The highest BCUT2D eigenvalue weighted by molar-refractivity contribution is 5.90. The highest BCUT2D eigenvalue weighted by Crippen LogP contribution is 2.12. The van der Waals surface area contributed by atoms with Crippen LogP contribution in [-0.4, -0.2) is 5.91 Å². The fourth-order valence-electron chi connectivity index (χ4n) is 2.63. The lowest BCUT2D eigenvalue weighted by atomic mass is 10.1. The molecule has 2 heteroatoms. The molecule has 0 aliphatic rings. The van der Waals surface area contributed by atoms with Crippen LogP contribution in [0.2, 0.25) is 0 Å². The number of unbranched alkanes of at least 4 members (excludes halogenated alkanes) is 10. The molecule has 0 atom stereocenters. The molecular formula is C20H32NO. The fraction of sp³-hybridized carbons (Fsp3) is 0.650. The third-order valence-corrected chi connectivity index (χ3v) is 3.99. The summed E-state index contributed by atoms with van der Waals surface area (Å²) < 4.78 is 0. The van der Waals surface area contributed by atoms with Crippen molar-refractivity contribution in [2.45, 2.75) is 84.0 Å². The van der Waals surface area contributed by atoms with Gasteiger partial charge in [0.1, 0.15) is 0 Å². The largest absolute Gasteiger partial charge is 0.326 e. The number of anilines is 1. The normalized spacial score (nSPS) is 10.6. The van der Waals surface area contributed by atoms with Gasteiger partial charge in [-0.15, -0.1) is 0 Å². The second-order valence-corrected chi connectivity index (χ2v) is 6.11. The summed E-state index contributed by atoms with van der Waals surface area (Å²) in [6.07, 6.45) is 15.0. The van der Waals surface area contributed by atoms with Crippen LogP contribution in [0.4, 0.5) is 5.69 Å². The van der Waals surface area contributed by atoms with Crippen molar-refractivity contribution in [1.82, 2.24) is 0 Å². The predicted molar refractivity (Wildman–Crippen MR) is 95.0 cm³/mol. The number of amides is 1. The summed E-state index contributed by atoms with van der Waals surface area (Å²) in [5, 5.41) is 2.88. The first-order chi connectivity index (χ1) is 10.8. The van der Waals surface area contributed by atoms with Gasteiger partial charge >= 0.3 is 0 Å². The van der Waals surface area contributed by atoms with E-state index in [0.717, 1.165) is 12.1 Å². The lowest BCUT2D eigenvalue weighted by Crippen LogP contribution is -2.10. The summed E-state index contributed by atoms with van der Waals surface area (Å²) in [7, 11) is 0. The van der Waals surface area contributed by atoms with Gasteiger partial charge in [0, 0.05) is 18.2 Å². The zero-order valence-corrected chi connectivity index (χ0v) is 14.2. The van der Waals surface area contributed by atoms with Crippen LogP contribution in [0.5, 0.6) is 0 Å². The van der Waals surface area contributed by atoms with Crippen molar-refractivity contribution in [2.75, 3.05) is 5.32 Å². The third-order valence-electron chi connectivity index (χ3n) is 3.99. The predicted octanol–water partition coefficient (Wildman–Crippen LogP) is 6.13. The Morgan fingerprint density at radius 3 is 2.05 bits per heavy atom. The molecule has 1 amide bonds. The smallest absolute Gasteiger partial charge is 0.224 e. The van der Waals surface area contributed by atoms with E-state index in [0.29, 0.717) is 6.42 Å². The Bertz CT molecular complexity index is 375. The molecular weight excluding hydrogens is 270 g/mol. The van der Waals surface area contributed by atoms with E-state index in [9.17, 15) is 4.79 Å². The second-order valence-electron chi connectivity index (χ2n) is 6.11. The average Bonchev–Trinajstić information content (AvgIpc) is 2.53. The van der Waals surface area contributed by atoms with E-state index < -0.39 is 0 Å². The summed E-state index contributed by atoms with van der Waals surface area (Å²) in [5.74, 6) is 0.110. The summed E-state index contributed by atoms with van der Waals surface area (Å²) in [6.45, 7) is 2.26. The molecule has 0 saturated heterocycles. The van der Waals surface area contributed by atoms with Gasteiger partial charge in [-0.2, -0.15) is 0 Å². The quantitative estimate of drug-likeness (QED) is 0.436. The number of carbonyl (C=O) groups excluding carboxylic acids is 1. The van der Waals surface area contributed by atoms with Crippen molar-refractivity contribution in [1.29, 1.82) is 0 Å². The van der Waals surface area contributed by atoms with E-state index in [4.69, 9.17) is 0 Å². The Morgan fingerprint density at radius 2 is 1.50 bits per heavy atom. The standard InChI is InChI=1S/C20H32NO/c1-2-3-4-5-6-7-8-9-10-11-15-18-20(22)21-19-16-13-12-14-17-19/h12-14,16H,2-11,15,18H2,1H3,(H,21,22). The van der Waals surface area contributed by atoms with Gasteiger partial charge < -0.3 is 5.32 Å². The van der Waals surface area contributed by atoms with Crippen LogP contribution in [0.15, 0.2) is 24.3 Å². The molecule has 1 rings (SSSR count). The highest BCUT2D eigenvalue weighted by atomic mass is 16.1. The van der Waals surface area contributed by atoms with Crippen LogP contribution < -0.4 is 5.32 Å². The van der Waals surface area contributed by atoms with Crippen molar-refractivity contribution in [2.24, 2.45) is 0 Å². The van der Waals surface area contributed by atoms with E-state index in [1.807, 2.05) is 24.3 Å². The van der Waals surface area contributed by atoms with Crippen molar-refractivity contribution in [3.63, 3.8) is 0 Å². The van der Waals surface area contributed by atoms with Gasteiger partial charge in [-0.25, -0.2) is 0 Å². The number of carbonyl (C=O) groups is 1. The number of nitrogens with one attached hydrogen (secondary N) is 1. The van der Waals surface area contributed by atoms with Crippen molar-refractivity contribution in [3.05, 3.63) is 30.3 Å². The molecule has 0 aromatic heterocycles. The van der Waals surface area contributed by atoms with Gasteiger partial charge in [-0.05, 0) is 12.5 Å². The minimum Gasteiger partial charge on any atom is -0.326 e. The van der Waals surface area contributed by atoms with Crippen LogP contribution in [0, 0.1) is 6.07 Å². The molecule has 1 radical (unpaired) electrons. The average molecular weight is 302 g/mol. The van der Waals surface area contributed by atoms with E-state index in [2.05, 4.69) is 18.3 Å². The van der Waals surface area contributed by atoms with Crippen LogP contribution in [-0.2, 0) is 4.79 Å². The maximum atomic E-state index is 11.7. The van der Waals surface area contributed by atoms with E-state index in [-0.39, 0.29) is 5.91 Å². The zero-order valence-electron chi connectivity index (χ0n) is 14.2. The fourth-order valence-corrected chi connectivity index (χ4v) is 2.63. The number of rotatable bonds is 13. The second kappa shape index (κ2) is 13.4. The third kappa shape index (κ3) is 10.4. The molecule has 0 fully saturated rings. The topological polar surface area (TPSA) is 29.1 Å².